The Kier molecular flexibility index (Phi) is 8.69. The number of anilines is 3. The number of rotatable bonds is 9. The lowest BCUT2D eigenvalue weighted by Crippen LogP contribution is -2.45. The number of benzene rings is 2. The molecule has 0 aliphatic rings. The van der Waals surface area contributed by atoms with E-state index in [2.05, 4.69) is 37.0 Å². The smallest absolute Gasteiger partial charge is 0.323 e. The van der Waals surface area contributed by atoms with Gasteiger partial charge in [-0.2, -0.15) is 0 Å². The third kappa shape index (κ3) is 7.66. The van der Waals surface area contributed by atoms with E-state index in [1.54, 1.807) is 24.3 Å². The molecular formula is C24H27N6O3S. The van der Waals surface area contributed by atoms with Gasteiger partial charge in [0.15, 0.2) is 5.51 Å². The van der Waals surface area contributed by atoms with Crippen molar-refractivity contribution in [1.82, 2.24) is 15.5 Å². The van der Waals surface area contributed by atoms with Crippen LogP contribution < -0.4 is 21.3 Å². The van der Waals surface area contributed by atoms with E-state index in [9.17, 15) is 14.4 Å². The number of urea groups is 1. The van der Waals surface area contributed by atoms with Gasteiger partial charge in [0.2, 0.25) is 16.9 Å². The van der Waals surface area contributed by atoms with Crippen LogP contribution in [0.25, 0.3) is 0 Å². The summed E-state index contributed by atoms with van der Waals surface area (Å²) >= 11 is 1.09. The predicted molar refractivity (Wildman–Crippen MR) is 133 cm³/mol. The average Bonchev–Trinajstić information content (AvgIpc) is 3.29. The zero-order chi connectivity index (χ0) is 24.5. The van der Waals surface area contributed by atoms with Gasteiger partial charge < -0.3 is 16.0 Å². The van der Waals surface area contributed by atoms with Crippen molar-refractivity contribution in [3.05, 3.63) is 65.2 Å². The Balaban J connectivity index is 1.53. The van der Waals surface area contributed by atoms with Crippen LogP contribution in [0, 0.1) is 18.4 Å². The second-order valence-corrected chi connectivity index (χ2v) is 8.98. The standard InChI is InChI=1S/C24H27N6O3S/c1-15(2)12-20(22(32)29-24-30-25-14-34-24)27-21(31)13-17-8-10-18(11-9-17)26-23(33)28-19-7-5-4-6-16(19)3/h4-11,15,20H,12-13H2,1-3H3,(H,27,31)(H2,26,28,33)(H,29,30,32)/t20-/m0/s1. The van der Waals surface area contributed by atoms with Gasteiger partial charge in [-0.3, -0.25) is 14.9 Å². The zero-order valence-electron chi connectivity index (χ0n) is 19.2. The number of carbonyl (C=O) groups excluding carboxylic acids is 3. The number of carbonyl (C=O) groups is 3. The quantitative estimate of drug-likeness (QED) is 0.369. The maximum atomic E-state index is 12.6. The van der Waals surface area contributed by atoms with Crippen LogP contribution >= 0.6 is 11.3 Å². The van der Waals surface area contributed by atoms with E-state index < -0.39 is 6.04 Å². The first kappa shape index (κ1) is 24.8. The number of aryl methyl sites for hydroxylation is 1. The fraction of sp³-hybridized carbons (Fsp3) is 0.292. The van der Waals surface area contributed by atoms with E-state index in [0.717, 1.165) is 28.2 Å². The van der Waals surface area contributed by atoms with Crippen molar-refractivity contribution in [2.75, 3.05) is 16.0 Å². The SMILES string of the molecule is Cc1ccccc1NC(=O)Nc1ccc(CC(=O)N[C@@H](CC(C)C)C(=O)Nc2nn[c]s2)cc1. The molecule has 0 bridgehead atoms. The van der Waals surface area contributed by atoms with Crippen LogP contribution in [-0.4, -0.2) is 34.1 Å². The van der Waals surface area contributed by atoms with Crippen molar-refractivity contribution in [1.29, 1.82) is 0 Å². The molecule has 4 N–H and O–H groups in total. The van der Waals surface area contributed by atoms with Crippen LogP contribution in [0.5, 0.6) is 0 Å². The minimum Gasteiger partial charge on any atom is -0.344 e. The van der Waals surface area contributed by atoms with Gasteiger partial charge in [-0.25, -0.2) is 4.79 Å². The topological polar surface area (TPSA) is 125 Å². The summed E-state index contributed by atoms with van der Waals surface area (Å²) < 4.78 is 0. The molecule has 0 saturated carbocycles. The highest BCUT2D eigenvalue weighted by Gasteiger charge is 2.23. The van der Waals surface area contributed by atoms with Gasteiger partial charge in [0.05, 0.1) is 6.42 Å². The minimum absolute atomic E-state index is 0.101. The first-order chi connectivity index (χ1) is 16.3. The maximum Gasteiger partial charge on any atom is 0.323 e. The molecule has 10 heteroatoms. The summed E-state index contributed by atoms with van der Waals surface area (Å²) in [6.07, 6.45) is 0.586. The van der Waals surface area contributed by atoms with Crippen LogP contribution in [0.2, 0.25) is 0 Å². The molecule has 0 saturated heterocycles. The summed E-state index contributed by atoms with van der Waals surface area (Å²) in [5, 5.41) is 18.7. The van der Waals surface area contributed by atoms with E-state index in [4.69, 9.17) is 0 Å². The molecule has 3 aromatic rings. The first-order valence-corrected chi connectivity index (χ1v) is 11.6. The van der Waals surface area contributed by atoms with E-state index in [-0.39, 0.29) is 30.2 Å². The van der Waals surface area contributed by atoms with Gasteiger partial charge in [-0.1, -0.05) is 55.5 Å². The maximum absolute atomic E-state index is 12.6. The Labute approximate surface area is 202 Å². The Morgan fingerprint density at radius 1 is 1.00 bits per heavy atom. The Hall–Kier alpha value is -3.79. The van der Waals surface area contributed by atoms with Gasteiger partial charge in [0.1, 0.15) is 6.04 Å². The lowest BCUT2D eigenvalue weighted by Gasteiger charge is -2.19. The molecule has 0 spiro atoms. The highest BCUT2D eigenvalue weighted by molar-refractivity contribution is 7.13. The summed E-state index contributed by atoms with van der Waals surface area (Å²) in [6.45, 7) is 5.87. The molecule has 0 unspecified atom stereocenters. The van der Waals surface area contributed by atoms with Crippen molar-refractivity contribution >= 4 is 45.7 Å². The molecule has 1 aromatic heterocycles. The normalized spacial score (nSPS) is 11.5. The number of amides is 4. The number of nitrogens with one attached hydrogen (secondary N) is 4. The van der Waals surface area contributed by atoms with Gasteiger partial charge in [0, 0.05) is 11.4 Å². The van der Waals surface area contributed by atoms with Gasteiger partial charge in [-0.15, -0.1) is 10.2 Å². The number of aromatic nitrogens is 2. The van der Waals surface area contributed by atoms with Crippen molar-refractivity contribution < 1.29 is 14.4 Å². The van der Waals surface area contributed by atoms with E-state index >= 15 is 0 Å². The third-order valence-electron chi connectivity index (χ3n) is 4.88. The fourth-order valence-corrected chi connectivity index (χ4v) is 3.63. The van der Waals surface area contributed by atoms with Crippen LogP contribution in [-0.2, 0) is 16.0 Å². The number of hydrogen-bond donors (Lipinski definition) is 4. The van der Waals surface area contributed by atoms with Crippen molar-refractivity contribution in [3.63, 3.8) is 0 Å². The third-order valence-corrected chi connectivity index (χ3v) is 5.43. The molecule has 3 rings (SSSR count). The van der Waals surface area contributed by atoms with Crippen LogP contribution in [0.3, 0.4) is 0 Å². The lowest BCUT2D eigenvalue weighted by atomic mass is 10.0. The second-order valence-electron chi connectivity index (χ2n) is 8.21. The molecule has 1 atom stereocenters. The van der Waals surface area contributed by atoms with Crippen molar-refractivity contribution in [2.45, 2.75) is 39.7 Å². The van der Waals surface area contributed by atoms with Crippen LogP contribution in [0.15, 0.2) is 48.5 Å². The number of para-hydroxylation sites is 1. The monoisotopic (exact) mass is 479 g/mol. The molecule has 177 valence electrons. The Bertz CT molecular complexity index is 1120. The van der Waals surface area contributed by atoms with Crippen LogP contribution in [0.1, 0.15) is 31.4 Å². The molecule has 2 aromatic carbocycles. The molecule has 0 aliphatic heterocycles. The van der Waals surface area contributed by atoms with Gasteiger partial charge in [-0.05, 0) is 48.6 Å². The predicted octanol–water partition coefficient (Wildman–Crippen LogP) is 4.00. The summed E-state index contributed by atoms with van der Waals surface area (Å²) in [4.78, 5) is 37.4. The number of nitrogens with zero attached hydrogens (tertiary/aromatic N) is 2. The molecule has 9 nitrogen and oxygen atoms in total. The first-order valence-electron chi connectivity index (χ1n) is 10.8. The van der Waals surface area contributed by atoms with E-state index in [0.29, 0.717) is 17.2 Å². The summed E-state index contributed by atoms with van der Waals surface area (Å²) in [7, 11) is 0. The van der Waals surface area contributed by atoms with Gasteiger partial charge >= 0.3 is 6.03 Å². The van der Waals surface area contributed by atoms with Crippen LogP contribution in [0.4, 0.5) is 21.3 Å². The highest BCUT2D eigenvalue weighted by atomic mass is 32.1. The summed E-state index contributed by atoms with van der Waals surface area (Å²) in [6, 6.07) is 13.4. The van der Waals surface area contributed by atoms with E-state index in [1.165, 1.54) is 0 Å². The molecule has 0 fully saturated rings. The Morgan fingerprint density at radius 3 is 2.38 bits per heavy atom. The largest absolute Gasteiger partial charge is 0.344 e. The van der Waals surface area contributed by atoms with Gasteiger partial charge in [0.25, 0.3) is 0 Å². The summed E-state index contributed by atoms with van der Waals surface area (Å²) in [5.74, 6) is -0.415. The van der Waals surface area contributed by atoms with Crippen molar-refractivity contribution in [2.24, 2.45) is 5.92 Å². The zero-order valence-corrected chi connectivity index (χ0v) is 20.0. The molecule has 1 heterocycles. The molecule has 1 radical (unpaired) electrons. The molecule has 34 heavy (non-hydrogen) atoms. The number of hydrogen-bond acceptors (Lipinski definition) is 6. The Morgan fingerprint density at radius 2 is 1.74 bits per heavy atom. The van der Waals surface area contributed by atoms with E-state index in [1.807, 2.05) is 45.0 Å². The molecular weight excluding hydrogens is 452 g/mol. The second kappa shape index (κ2) is 11.9. The molecule has 4 amide bonds. The van der Waals surface area contributed by atoms with Crippen molar-refractivity contribution in [3.8, 4) is 0 Å². The minimum atomic E-state index is -0.692. The molecule has 0 aliphatic carbocycles. The average molecular weight is 480 g/mol. The fourth-order valence-electron chi connectivity index (χ4n) is 3.23. The summed E-state index contributed by atoms with van der Waals surface area (Å²) in [5.41, 5.74) is 5.62. The lowest BCUT2D eigenvalue weighted by molar-refractivity contribution is -0.126. The highest BCUT2D eigenvalue weighted by Crippen LogP contribution is 2.16.